The molecule has 37 heavy (non-hydrogen) atoms. The number of aromatic nitrogens is 2. The third kappa shape index (κ3) is 10.7. The number of para-hydroxylation sites is 1. The Morgan fingerprint density at radius 1 is 1.14 bits per heavy atom. The molecule has 1 unspecified atom stereocenters. The van der Waals surface area contributed by atoms with Crippen LogP contribution in [0.15, 0.2) is 48.7 Å². The van der Waals surface area contributed by atoms with Crippen molar-refractivity contribution < 1.29 is 9.59 Å². The SMILES string of the molecule is CCCNc1nc(Nc2ccccc2)ncc1C#CCCCNC(=O)C(C)N(C)C(=O)/C=C/CN(C)C. The van der Waals surface area contributed by atoms with Crippen LogP contribution in [0.5, 0.6) is 0 Å². The molecule has 2 aromatic rings. The van der Waals surface area contributed by atoms with Gasteiger partial charge in [-0.1, -0.05) is 43.0 Å². The molecule has 1 atom stereocenters. The number of hydrogen-bond donors (Lipinski definition) is 3. The van der Waals surface area contributed by atoms with Crippen LogP contribution in [-0.2, 0) is 9.59 Å². The van der Waals surface area contributed by atoms with Crippen LogP contribution < -0.4 is 16.0 Å². The minimum absolute atomic E-state index is 0.189. The third-order valence-electron chi connectivity index (χ3n) is 5.40. The number of carbonyl (C=O) groups is 2. The lowest BCUT2D eigenvalue weighted by atomic mass is 10.2. The highest BCUT2D eigenvalue weighted by Crippen LogP contribution is 2.17. The van der Waals surface area contributed by atoms with Gasteiger partial charge >= 0.3 is 0 Å². The molecule has 198 valence electrons. The summed E-state index contributed by atoms with van der Waals surface area (Å²) in [6, 6.07) is 9.20. The average Bonchev–Trinajstić information content (AvgIpc) is 2.89. The van der Waals surface area contributed by atoms with Crippen molar-refractivity contribution in [2.24, 2.45) is 0 Å². The second-order valence-corrected chi connectivity index (χ2v) is 8.86. The van der Waals surface area contributed by atoms with E-state index in [1.807, 2.05) is 49.3 Å². The van der Waals surface area contributed by atoms with E-state index in [2.05, 4.69) is 44.7 Å². The molecule has 9 heteroatoms. The molecule has 0 spiro atoms. The van der Waals surface area contributed by atoms with Crippen molar-refractivity contribution in [1.82, 2.24) is 25.1 Å². The summed E-state index contributed by atoms with van der Waals surface area (Å²) in [5.74, 6) is 7.09. The van der Waals surface area contributed by atoms with Gasteiger partial charge in [0.2, 0.25) is 17.8 Å². The van der Waals surface area contributed by atoms with Crippen LogP contribution in [0.4, 0.5) is 17.5 Å². The molecule has 0 aliphatic rings. The van der Waals surface area contributed by atoms with E-state index < -0.39 is 6.04 Å². The van der Waals surface area contributed by atoms with Gasteiger partial charge in [-0.05, 0) is 46.0 Å². The van der Waals surface area contributed by atoms with Crippen LogP contribution >= 0.6 is 0 Å². The number of carbonyl (C=O) groups excluding carboxylic acids is 2. The lowest BCUT2D eigenvalue weighted by molar-refractivity contribution is -0.135. The summed E-state index contributed by atoms with van der Waals surface area (Å²) in [5, 5.41) is 9.40. The van der Waals surface area contributed by atoms with Gasteiger partial charge in [0.1, 0.15) is 11.9 Å². The number of likely N-dealkylation sites (N-methyl/N-ethyl adjacent to an activating group) is 2. The Balaban J connectivity index is 1.85. The summed E-state index contributed by atoms with van der Waals surface area (Å²) in [6.07, 6.45) is 7.25. The summed E-state index contributed by atoms with van der Waals surface area (Å²) in [7, 11) is 5.48. The van der Waals surface area contributed by atoms with Crippen LogP contribution in [0.1, 0.15) is 38.7 Å². The van der Waals surface area contributed by atoms with E-state index in [0.29, 0.717) is 37.7 Å². The Morgan fingerprint density at radius 2 is 1.89 bits per heavy atom. The zero-order chi connectivity index (χ0) is 27.0. The molecule has 3 N–H and O–H groups in total. The number of hydrogen-bond acceptors (Lipinski definition) is 7. The Bertz CT molecular complexity index is 1090. The van der Waals surface area contributed by atoms with E-state index >= 15 is 0 Å². The van der Waals surface area contributed by atoms with E-state index in [-0.39, 0.29) is 11.8 Å². The molecule has 1 aromatic carbocycles. The molecule has 0 bridgehead atoms. The minimum Gasteiger partial charge on any atom is -0.369 e. The molecule has 9 nitrogen and oxygen atoms in total. The fourth-order valence-corrected chi connectivity index (χ4v) is 3.10. The zero-order valence-electron chi connectivity index (χ0n) is 22.5. The van der Waals surface area contributed by atoms with Gasteiger partial charge in [-0.3, -0.25) is 9.59 Å². The lowest BCUT2D eigenvalue weighted by Gasteiger charge is -2.23. The first kappa shape index (κ1) is 29.3. The number of anilines is 3. The Labute approximate surface area is 220 Å². The molecular weight excluding hydrogens is 466 g/mol. The monoisotopic (exact) mass is 505 g/mol. The van der Waals surface area contributed by atoms with Crippen molar-refractivity contribution in [3.8, 4) is 11.8 Å². The van der Waals surface area contributed by atoms with Gasteiger partial charge in [0.15, 0.2) is 0 Å². The molecular formula is C28H39N7O2. The van der Waals surface area contributed by atoms with Gasteiger partial charge in [-0.25, -0.2) is 4.98 Å². The number of nitrogens with one attached hydrogen (secondary N) is 3. The molecule has 0 saturated carbocycles. The van der Waals surface area contributed by atoms with Crippen molar-refractivity contribution in [1.29, 1.82) is 0 Å². The third-order valence-corrected chi connectivity index (χ3v) is 5.40. The normalized spacial score (nSPS) is 11.5. The quantitative estimate of drug-likeness (QED) is 0.218. The van der Waals surface area contributed by atoms with E-state index in [9.17, 15) is 9.59 Å². The van der Waals surface area contributed by atoms with Crippen molar-refractivity contribution in [3.63, 3.8) is 0 Å². The summed E-state index contributed by atoms with van der Waals surface area (Å²) in [6.45, 7) is 5.73. The largest absolute Gasteiger partial charge is 0.369 e. The Kier molecular flexibility index (Phi) is 12.7. The maximum Gasteiger partial charge on any atom is 0.246 e. The van der Waals surface area contributed by atoms with Crippen molar-refractivity contribution in [2.75, 3.05) is 51.4 Å². The maximum absolute atomic E-state index is 12.4. The standard InChI is InChI=1S/C28H39N7O2/c1-6-18-29-26-23(21-31-28(33-26)32-24-15-10-7-11-16-24)14-9-8-12-19-30-27(37)22(2)35(5)25(36)17-13-20-34(3)4/h7,10-11,13,15-17,21-22H,6,8,12,18-20H2,1-5H3,(H,30,37)(H2,29,31,32,33)/b17-13+. The van der Waals surface area contributed by atoms with Gasteiger partial charge in [-0.2, -0.15) is 4.98 Å². The number of amides is 2. The zero-order valence-corrected chi connectivity index (χ0v) is 22.5. The summed E-state index contributed by atoms with van der Waals surface area (Å²) >= 11 is 0. The van der Waals surface area contributed by atoms with E-state index in [0.717, 1.165) is 24.2 Å². The average molecular weight is 506 g/mol. The Morgan fingerprint density at radius 3 is 2.59 bits per heavy atom. The summed E-state index contributed by atoms with van der Waals surface area (Å²) in [5.41, 5.74) is 1.64. The van der Waals surface area contributed by atoms with Gasteiger partial charge in [0.25, 0.3) is 0 Å². The molecule has 1 heterocycles. The highest BCUT2D eigenvalue weighted by atomic mass is 16.2. The lowest BCUT2D eigenvalue weighted by Crippen LogP contribution is -2.45. The van der Waals surface area contributed by atoms with Gasteiger partial charge in [-0.15, -0.1) is 0 Å². The van der Waals surface area contributed by atoms with Crippen molar-refractivity contribution >= 4 is 29.3 Å². The van der Waals surface area contributed by atoms with Crippen LogP contribution in [0.2, 0.25) is 0 Å². The highest BCUT2D eigenvalue weighted by Gasteiger charge is 2.20. The van der Waals surface area contributed by atoms with Gasteiger partial charge in [0.05, 0.1) is 11.8 Å². The van der Waals surface area contributed by atoms with E-state index in [1.54, 1.807) is 26.2 Å². The Hall–Kier alpha value is -3.90. The molecule has 0 fully saturated rings. The molecule has 2 amide bonds. The first-order valence-electron chi connectivity index (χ1n) is 12.6. The maximum atomic E-state index is 12.4. The highest BCUT2D eigenvalue weighted by molar-refractivity contribution is 5.92. The number of rotatable bonds is 13. The fraction of sp³-hybridized carbons (Fsp3) is 0.429. The minimum atomic E-state index is -0.560. The van der Waals surface area contributed by atoms with Crippen molar-refractivity contribution in [3.05, 3.63) is 54.2 Å². The smallest absolute Gasteiger partial charge is 0.246 e. The van der Waals surface area contributed by atoms with Crippen LogP contribution in [0.25, 0.3) is 0 Å². The van der Waals surface area contributed by atoms with Crippen molar-refractivity contribution in [2.45, 2.75) is 39.2 Å². The second kappa shape index (κ2) is 16.0. The molecule has 0 aliphatic heterocycles. The van der Waals surface area contributed by atoms with Gasteiger partial charge in [0, 0.05) is 44.9 Å². The fourth-order valence-electron chi connectivity index (χ4n) is 3.10. The van der Waals surface area contributed by atoms with E-state index in [4.69, 9.17) is 0 Å². The van der Waals surface area contributed by atoms with Crippen LogP contribution in [0, 0.1) is 11.8 Å². The van der Waals surface area contributed by atoms with Crippen LogP contribution in [0.3, 0.4) is 0 Å². The molecule has 2 rings (SSSR count). The summed E-state index contributed by atoms with van der Waals surface area (Å²) < 4.78 is 0. The van der Waals surface area contributed by atoms with E-state index in [1.165, 1.54) is 11.0 Å². The predicted molar refractivity (Wildman–Crippen MR) is 150 cm³/mol. The first-order chi connectivity index (χ1) is 17.8. The number of unbranched alkanes of at least 4 members (excludes halogenated alkanes) is 1. The predicted octanol–water partition coefficient (Wildman–Crippen LogP) is 3.25. The molecule has 0 saturated heterocycles. The van der Waals surface area contributed by atoms with Crippen LogP contribution in [-0.4, -0.2) is 78.4 Å². The number of benzene rings is 1. The topological polar surface area (TPSA) is 102 Å². The first-order valence-corrected chi connectivity index (χ1v) is 12.6. The van der Waals surface area contributed by atoms with Gasteiger partial charge < -0.3 is 25.8 Å². The number of nitrogens with zero attached hydrogens (tertiary/aromatic N) is 4. The molecule has 0 radical (unpaired) electrons. The molecule has 0 aliphatic carbocycles. The summed E-state index contributed by atoms with van der Waals surface area (Å²) in [4.78, 5) is 37.0. The molecule has 1 aromatic heterocycles. The second-order valence-electron chi connectivity index (χ2n) is 8.86.